The molecule has 1 N–H and O–H groups in total. The molecule has 0 bridgehead atoms. The molecule has 0 aromatic carbocycles. The molecule has 0 aromatic heterocycles. The third kappa shape index (κ3) is 2.62. The van der Waals surface area contributed by atoms with Crippen LogP contribution in [0.2, 0.25) is 0 Å². The van der Waals surface area contributed by atoms with Gasteiger partial charge >= 0.3 is 5.97 Å². The van der Waals surface area contributed by atoms with Crippen LogP contribution in [0.5, 0.6) is 0 Å². The van der Waals surface area contributed by atoms with Crippen LogP contribution in [0, 0.1) is 0 Å². The van der Waals surface area contributed by atoms with Crippen molar-refractivity contribution in [2.45, 2.75) is 26.7 Å². The Kier molecular flexibility index (Phi) is 3.69. The van der Waals surface area contributed by atoms with Gasteiger partial charge in [-0.15, -0.1) is 0 Å². The monoisotopic (exact) mass is 146 g/mol. The van der Waals surface area contributed by atoms with Crippen LogP contribution in [-0.2, 0) is 4.79 Å². The average Bonchev–Trinajstić information content (AvgIpc) is 1.87. The van der Waals surface area contributed by atoms with Crippen LogP contribution < -0.4 is 0 Å². The maximum Gasteiger partial charge on any atom is 0.364 e. The molecule has 0 aromatic rings. The standard InChI is InChI=1S/C7H11FO2/c1-3-4-5(2)6(8)7(9)10/h3-4H2,1-2H3,(H,9,10)/b6-5-. The first-order valence-corrected chi connectivity index (χ1v) is 3.18. The van der Waals surface area contributed by atoms with Gasteiger partial charge in [0.25, 0.3) is 0 Å². The van der Waals surface area contributed by atoms with Crippen molar-refractivity contribution in [3.05, 3.63) is 11.4 Å². The molecule has 0 saturated heterocycles. The van der Waals surface area contributed by atoms with Gasteiger partial charge in [0.05, 0.1) is 0 Å². The molecule has 0 aliphatic rings. The Morgan fingerprint density at radius 1 is 1.60 bits per heavy atom. The molecule has 58 valence electrons. The molecule has 0 aliphatic carbocycles. The first-order chi connectivity index (χ1) is 4.59. The van der Waals surface area contributed by atoms with Crippen LogP contribution in [0.1, 0.15) is 26.7 Å². The molecule has 0 rings (SSSR count). The summed E-state index contributed by atoms with van der Waals surface area (Å²) in [4.78, 5) is 9.98. The highest BCUT2D eigenvalue weighted by molar-refractivity contribution is 5.84. The van der Waals surface area contributed by atoms with Crippen LogP contribution in [0.3, 0.4) is 0 Å². The number of carboxylic acid groups (broad SMARTS) is 1. The van der Waals surface area contributed by atoms with E-state index in [9.17, 15) is 9.18 Å². The van der Waals surface area contributed by atoms with Gasteiger partial charge in [0.1, 0.15) is 0 Å². The normalized spacial score (nSPS) is 12.7. The van der Waals surface area contributed by atoms with Gasteiger partial charge in [-0.05, 0) is 18.9 Å². The third-order valence-corrected chi connectivity index (χ3v) is 1.19. The predicted octanol–water partition coefficient (Wildman–Crippen LogP) is 2.11. The third-order valence-electron chi connectivity index (χ3n) is 1.19. The number of hydrogen-bond donors (Lipinski definition) is 1. The molecule has 0 fully saturated rings. The lowest BCUT2D eigenvalue weighted by atomic mass is 10.1. The quantitative estimate of drug-likeness (QED) is 0.619. The van der Waals surface area contributed by atoms with E-state index in [0.29, 0.717) is 12.0 Å². The zero-order chi connectivity index (χ0) is 8.15. The molecule has 0 amide bonds. The molecule has 0 unspecified atom stereocenters. The summed E-state index contributed by atoms with van der Waals surface area (Å²) in [5.41, 5.74) is 0.315. The highest BCUT2D eigenvalue weighted by Crippen LogP contribution is 2.11. The van der Waals surface area contributed by atoms with Crippen molar-refractivity contribution in [2.24, 2.45) is 0 Å². The fraction of sp³-hybridized carbons (Fsp3) is 0.571. The fourth-order valence-corrected chi connectivity index (χ4v) is 0.667. The maximum atomic E-state index is 12.4. The van der Waals surface area contributed by atoms with E-state index in [-0.39, 0.29) is 0 Å². The van der Waals surface area contributed by atoms with Crippen LogP contribution in [-0.4, -0.2) is 11.1 Å². The second kappa shape index (κ2) is 4.04. The van der Waals surface area contributed by atoms with Gasteiger partial charge < -0.3 is 5.11 Å². The van der Waals surface area contributed by atoms with E-state index in [1.54, 1.807) is 0 Å². The van der Waals surface area contributed by atoms with Gasteiger partial charge in [0.2, 0.25) is 5.83 Å². The number of carboxylic acids is 1. The average molecular weight is 146 g/mol. The smallest absolute Gasteiger partial charge is 0.364 e. The molecule has 2 nitrogen and oxygen atoms in total. The summed E-state index contributed by atoms with van der Waals surface area (Å²) >= 11 is 0. The minimum atomic E-state index is -1.47. The summed E-state index contributed by atoms with van der Waals surface area (Å²) in [5.74, 6) is -2.48. The van der Waals surface area contributed by atoms with Crippen molar-refractivity contribution in [3.8, 4) is 0 Å². The number of halogens is 1. The minimum absolute atomic E-state index is 0.315. The molecule has 10 heavy (non-hydrogen) atoms. The van der Waals surface area contributed by atoms with Crippen LogP contribution in [0.4, 0.5) is 4.39 Å². The molecule has 0 radical (unpaired) electrons. The molecular formula is C7H11FO2. The minimum Gasteiger partial charge on any atom is -0.476 e. The number of aliphatic carboxylic acids is 1. The van der Waals surface area contributed by atoms with Crippen molar-refractivity contribution in [3.63, 3.8) is 0 Å². The van der Waals surface area contributed by atoms with E-state index in [1.165, 1.54) is 6.92 Å². The topological polar surface area (TPSA) is 37.3 Å². The van der Waals surface area contributed by atoms with Crippen LogP contribution in [0.15, 0.2) is 11.4 Å². The zero-order valence-corrected chi connectivity index (χ0v) is 6.15. The summed E-state index contributed by atoms with van der Waals surface area (Å²) in [5, 5.41) is 8.15. The Balaban J connectivity index is 4.19. The van der Waals surface area contributed by atoms with E-state index >= 15 is 0 Å². The summed E-state index contributed by atoms with van der Waals surface area (Å²) in [6, 6.07) is 0. The highest BCUT2D eigenvalue weighted by atomic mass is 19.1. The van der Waals surface area contributed by atoms with E-state index in [4.69, 9.17) is 5.11 Å². The molecule has 0 atom stereocenters. The van der Waals surface area contributed by atoms with E-state index in [1.807, 2.05) is 6.92 Å². The number of allylic oxidation sites excluding steroid dienone is 1. The molecule has 0 spiro atoms. The van der Waals surface area contributed by atoms with Gasteiger partial charge in [0.15, 0.2) is 0 Å². The Morgan fingerprint density at radius 3 is 2.40 bits per heavy atom. The summed E-state index contributed by atoms with van der Waals surface area (Å²) < 4.78 is 12.4. The lowest BCUT2D eigenvalue weighted by Gasteiger charge is -1.96. The second-order valence-electron chi connectivity index (χ2n) is 2.15. The molecule has 0 saturated carbocycles. The van der Waals surface area contributed by atoms with Gasteiger partial charge in [0, 0.05) is 0 Å². The second-order valence-corrected chi connectivity index (χ2v) is 2.15. The maximum absolute atomic E-state index is 12.4. The lowest BCUT2D eigenvalue weighted by Crippen LogP contribution is -1.97. The Morgan fingerprint density at radius 2 is 2.10 bits per heavy atom. The number of carbonyl (C=O) groups is 1. The number of hydrogen-bond acceptors (Lipinski definition) is 1. The summed E-state index contributed by atoms with van der Waals surface area (Å²) in [6.07, 6.45) is 1.28. The van der Waals surface area contributed by atoms with Crippen molar-refractivity contribution in [1.82, 2.24) is 0 Å². The lowest BCUT2D eigenvalue weighted by molar-refractivity contribution is -0.134. The predicted molar refractivity (Wildman–Crippen MR) is 36.4 cm³/mol. The molecule has 0 aliphatic heterocycles. The summed E-state index contributed by atoms with van der Waals surface area (Å²) in [6.45, 7) is 3.37. The Bertz CT molecular complexity index is 161. The first-order valence-electron chi connectivity index (χ1n) is 3.18. The number of rotatable bonds is 3. The SMILES string of the molecule is CCC/C(C)=C(\F)C(=O)O. The van der Waals surface area contributed by atoms with E-state index < -0.39 is 11.8 Å². The highest BCUT2D eigenvalue weighted by Gasteiger charge is 2.08. The van der Waals surface area contributed by atoms with Gasteiger partial charge in [-0.25, -0.2) is 4.79 Å². The van der Waals surface area contributed by atoms with Crippen molar-refractivity contribution in [2.75, 3.05) is 0 Å². The van der Waals surface area contributed by atoms with Crippen LogP contribution in [0.25, 0.3) is 0 Å². The first kappa shape index (κ1) is 9.14. The van der Waals surface area contributed by atoms with E-state index in [0.717, 1.165) is 6.42 Å². The van der Waals surface area contributed by atoms with Crippen molar-refractivity contribution < 1.29 is 14.3 Å². The van der Waals surface area contributed by atoms with Crippen LogP contribution >= 0.6 is 0 Å². The largest absolute Gasteiger partial charge is 0.476 e. The van der Waals surface area contributed by atoms with Crippen molar-refractivity contribution >= 4 is 5.97 Å². The molecule has 0 heterocycles. The fourth-order valence-electron chi connectivity index (χ4n) is 0.667. The van der Waals surface area contributed by atoms with E-state index in [2.05, 4.69) is 0 Å². The zero-order valence-electron chi connectivity index (χ0n) is 6.15. The van der Waals surface area contributed by atoms with Gasteiger partial charge in [-0.3, -0.25) is 0 Å². The Hall–Kier alpha value is -0.860. The summed E-state index contributed by atoms with van der Waals surface area (Å²) in [7, 11) is 0. The Labute approximate surface area is 59.4 Å². The van der Waals surface area contributed by atoms with Crippen molar-refractivity contribution in [1.29, 1.82) is 0 Å². The molecular weight excluding hydrogens is 135 g/mol. The van der Waals surface area contributed by atoms with Gasteiger partial charge in [-0.2, -0.15) is 4.39 Å². The molecule has 3 heteroatoms. The van der Waals surface area contributed by atoms with Gasteiger partial charge in [-0.1, -0.05) is 13.3 Å².